The average Bonchev–Trinajstić information content (AvgIpc) is 2.96. The topological polar surface area (TPSA) is 35.1 Å². The molecule has 4 heteroatoms. The molecule has 0 amide bonds. The second-order valence-electron chi connectivity index (χ2n) is 5.33. The summed E-state index contributed by atoms with van der Waals surface area (Å²) in [5.41, 5.74) is 0. The largest absolute Gasteiger partial charge is 0.463 e. The summed E-state index contributed by atoms with van der Waals surface area (Å²) in [5.74, 6) is -0.315. The highest BCUT2D eigenvalue weighted by atomic mass is 16.5. The molecule has 0 fully saturated rings. The summed E-state index contributed by atoms with van der Waals surface area (Å²) in [6, 6.07) is 0. The third-order valence-electron chi connectivity index (χ3n) is 3.58. The van der Waals surface area contributed by atoms with Crippen molar-refractivity contribution in [1.82, 2.24) is 4.57 Å². The van der Waals surface area contributed by atoms with Crippen LogP contribution < -0.4 is 4.57 Å². The standard InChI is InChI=1S/C17H29N2O2/c1-3-17(20)21-15-11-9-7-5-6-8-10-12-19-14-13-18(4-2)16-19/h3,13-14,16H,1,4-12,15H2,2H3/q+1. The van der Waals surface area contributed by atoms with Crippen LogP contribution in [0.3, 0.4) is 0 Å². The minimum absolute atomic E-state index is 0.315. The molecular weight excluding hydrogens is 264 g/mol. The van der Waals surface area contributed by atoms with Gasteiger partial charge in [0, 0.05) is 6.08 Å². The van der Waals surface area contributed by atoms with Gasteiger partial charge in [0.05, 0.1) is 19.7 Å². The van der Waals surface area contributed by atoms with Gasteiger partial charge in [-0.1, -0.05) is 32.3 Å². The summed E-state index contributed by atoms with van der Waals surface area (Å²) >= 11 is 0. The smallest absolute Gasteiger partial charge is 0.330 e. The van der Waals surface area contributed by atoms with E-state index in [1.807, 2.05) is 0 Å². The number of imidazole rings is 1. The van der Waals surface area contributed by atoms with E-state index in [4.69, 9.17) is 4.74 Å². The highest BCUT2D eigenvalue weighted by Crippen LogP contribution is 2.07. The van der Waals surface area contributed by atoms with E-state index in [1.54, 1.807) is 0 Å². The summed E-state index contributed by atoms with van der Waals surface area (Å²) in [6.45, 7) is 8.20. The predicted molar refractivity (Wildman–Crippen MR) is 83.8 cm³/mol. The summed E-state index contributed by atoms with van der Waals surface area (Å²) < 4.78 is 9.39. The number of carbonyl (C=O) groups is 1. The molecule has 0 N–H and O–H groups in total. The Morgan fingerprint density at radius 2 is 1.86 bits per heavy atom. The van der Waals surface area contributed by atoms with Gasteiger partial charge in [0.1, 0.15) is 12.4 Å². The molecule has 0 atom stereocenters. The van der Waals surface area contributed by atoms with Crippen LogP contribution in [0, 0.1) is 0 Å². The van der Waals surface area contributed by atoms with Crippen LogP contribution in [0.2, 0.25) is 0 Å². The number of esters is 1. The Bertz CT molecular complexity index is 413. The fraction of sp³-hybridized carbons (Fsp3) is 0.647. The van der Waals surface area contributed by atoms with Crippen LogP contribution in [-0.2, 0) is 22.6 Å². The minimum atomic E-state index is -0.315. The molecule has 0 saturated heterocycles. The van der Waals surface area contributed by atoms with Crippen molar-refractivity contribution in [2.45, 2.75) is 65.0 Å². The van der Waals surface area contributed by atoms with Gasteiger partial charge in [-0.15, -0.1) is 0 Å². The lowest BCUT2D eigenvalue weighted by atomic mass is 10.1. The van der Waals surface area contributed by atoms with Crippen molar-refractivity contribution in [3.63, 3.8) is 0 Å². The molecule has 0 radical (unpaired) electrons. The maximum absolute atomic E-state index is 10.8. The monoisotopic (exact) mass is 293 g/mol. The summed E-state index contributed by atoms with van der Waals surface area (Å²) in [7, 11) is 0. The molecule has 0 spiro atoms. The lowest BCUT2D eigenvalue weighted by Gasteiger charge is -2.02. The Labute approximate surface area is 128 Å². The molecular formula is C17H29N2O2+. The molecule has 0 aliphatic rings. The number of ether oxygens (including phenoxy) is 1. The van der Waals surface area contributed by atoms with Crippen LogP contribution in [0.1, 0.15) is 51.9 Å². The van der Waals surface area contributed by atoms with E-state index in [0.717, 1.165) is 25.9 Å². The van der Waals surface area contributed by atoms with Crippen LogP contribution in [-0.4, -0.2) is 17.1 Å². The van der Waals surface area contributed by atoms with Crippen molar-refractivity contribution in [3.05, 3.63) is 31.4 Å². The van der Waals surface area contributed by atoms with Crippen LogP contribution in [0.15, 0.2) is 31.4 Å². The lowest BCUT2D eigenvalue weighted by molar-refractivity contribution is -0.696. The van der Waals surface area contributed by atoms with Crippen LogP contribution in [0.4, 0.5) is 0 Å². The van der Waals surface area contributed by atoms with Gasteiger partial charge in [-0.25, -0.2) is 13.9 Å². The van der Waals surface area contributed by atoms with E-state index in [0.29, 0.717) is 6.61 Å². The molecule has 0 aliphatic heterocycles. The molecule has 0 aromatic carbocycles. The minimum Gasteiger partial charge on any atom is -0.463 e. The van der Waals surface area contributed by atoms with E-state index in [1.165, 1.54) is 38.2 Å². The van der Waals surface area contributed by atoms with E-state index in [-0.39, 0.29) is 5.97 Å². The second-order valence-corrected chi connectivity index (χ2v) is 5.33. The third kappa shape index (κ3) is 8.33. The molecule has 0 aliphatic carbocycles. The average molecular weight is 293 g/mol. The molecule has 0 bridgehead atoms. The molecule has 1 aromatic rings. The Kier molecular flexibility index (Phi) is 9.25. The van der Waals surface area contributed by atoms with E-state index in [2.05, 4.69) is 41.4 Å². The summed E-state index contributed by atoms with van der Waals surface area (Å²) in [5, 5.41) is 0. The van der Waals surface area contributed by atoms with Gasteiger partial charge in [-0.3, -0.25) is 0 Å². The Morgan fingerprint density at radius 3 is 2.48 bits per heavy atom. The summed E-state index contributed by atoms with van der Waals surface area (Å²) in [6.07, 6.45) is 16.1. The third-order valence-corrected chi connectivity index (χ3v) is 3.58. The van der Waals surface area contributed by atoms with Gasteiger partial charge in [-0.05, 0) is 26.2 Å². The number of aromatic nitrogens is 2. The van der Waals surface area contributed by atoms with Gasteiger partial charge in [-0.2, -0.15) is 0 Å². The first-order chi connectivity index (χ1) is 10.3. The normalized spacial score (nSPS) is 10.5. The maximum Gasteiger partial charge on any atom is 0.330 e. The van der Waals surface area contributed by atoms with Crippen LogP contribution in [0.5, 0.6) is 0 Å². The number of unbranched alkanes of at least 4 members (excludes halogenated alkanes) is 6. The first-order valence-corrected chi connectivity index (χ1v) is 8.10. The van der Waals surface area contributed by atoms with Gasteiger partial charge in [0.15, 0.2) is 0 Å². The van der Waals surface area contributed by atoms with Crippen molar-refractivity contribution in [2.75, 3.05) is 6.61 Å². The number of hydrogen-bond acceptors (Lipinski definition) is 2. The van der Waals surface area contributed by atoms with Crippen molar-refractivity contribution < 1.29 is 14.1 Å². The summed E-state index contributed by atoms with van der Waals surface area (Å²) in [4.78, 5) is 10.8. The van der Waals surface area contributed by atoms with Gasteiger partial charge in [0.2, 0.25) is 6.33 Å². The first kappa shape index (κ1) is 17.5. The van der Waals surface area contributed by atoms with Crippen LogP contribution >= 0.6 is 0 Å². The second kappa shape index (κ2) is 11.1. The quantitative estimate of drug-likeness (QED) is 0.257. The van der Waals surface area contributed by atoms with Crippen molar-refractivity contribution in [2.24, 2.45) is 0 Å². The molecule has 0 saturated carbocycles. The Hall–Kier alpha value is -1.58. The molecule has 1 heterocycles. The zero-order chi connectivity index (χ0) is 15.3. The van der Waals surface area contributed by atoms with Crippen LogP contribution in [0.25, 0.3) is 0 Å². The zero-order valence-corrected chi connectivity index (χ0v) is 13.3. The fourth-order valence-electron chi connectivity index (χ4n) is 2.27. The molecule has 0 unspecified atom stereocenters. The molecule has 21 heavy (non-hydrogen) atoms. The highest BCUT2D eigenvalue weighted by molar-refractivity contribution is 5.81. The zero-order valence-electron chi connectivity index (χ0n) is 13.3. The highest BCUT2D eigenvalue weighted by Gasteiger charge is 2.01. The number of carbonyl (C=O) groups excluding carboxylic acids is 1. The number of nitrogens with zero attached hydrogens (tertiary/aromatic N) is 2. The van der Waals surface area contributed by atoms with E-state index in [9.17, 15) is 4.79 Å². The lowest BCUT2D eigenvalue weighted by Crippen LogP contribution is -2.30. The van der Waals surface area contributed by atoms with Crippen molar-refractivity contribution in [1.29, 1.82) is 0 Å². The predicted octanol–water partition coefficient (Wildman–Crippen LogP) is 3.26. The molecule has 118 valence electrons. The SMILES string of the molecule is C=CC(=O)OCCCCCCCCC[n+]1ccn(CC)c1. The number of aryl methyl sites for hydroxylation is 2. The Balaban J connectivity index is 1.86. The first-order valence-electron chi connectivity index (χ1n) is 8.10. The van der Waals surface area contributed by atoms with E-state index >= 15 is 0 Å². The molecule has 4 nitrogen and oxygen atoms in total. The van der Waals surface area contributed by atoms with Crippen molar-refractivity contribution in [3.8, 4) is 0 Å². The van der Waals surface area contributed by atoms with Crippen molar-refractivity contribution >= 4 is 5.97 Å². The number of hydrogen-bond donors (Lipinski definition) is 0. The molecule has 1 aromatic heterocycles. The van der Waals surface area contributed by atoms with E-state index < -0.39 is 0 Å². The van der Waals surface area contributed by atoms with Gasteiger partial charge < -0.3 is 4.74 Å². The maximum atomic E-state index is 10.8. The van der Waals surface area contributed by atoms with Gasteiger partial charge >= 0.3 is 5.97 Å². The molecule has 1 rings (SSSR count). The van der Waals surface area contributed by atoms with Gasteiger partial charge in [0.25, 0.3) is 0 Å². The fourth-order valence-corrected chi connectivity index (χ4v) is 2.27. The Morgan fingerprint density at radius 1 is 1.19 bits per heavy atom. The number of rotatable bonds is 12.